The van der Waals surface area contributed by atoms with Crippen LogP contribution in [-0.2, 0) is 6.42 Å². The summed E-state index contributed by atoms with van der Waals surface area (Å²) in [7, 11) is 0. The van der Waals surface area contributed by atoms with Gasteiger partial charge in [0.05, 0.1) is 0 Å². The highest BCUT2D eigenvalue weighted by Gasteiger charge is 2.41. The van der Waals surface area contributed by atoms with E-state index < -0.39 is 0 Å². The van der Waals surface area contributed by atoms with Gasteiger partial charge in [0.15, 0.2) is 0 Å². The molecule has 0 spiro atoms. The molecular formula is C16H23N3O. The second-order valence-corrected chi connectivity index (χ2v) is 6.17. The number of hydrogen-bond acceptors (Lipinski definition) is 3. The molecule has 3 rings (SSSR count). The van der Waals surface area contributed by atoms with E-state index in [1.807, 2.05) is 13.0 Å². The first-order valence-corrected chi connectivity index (χ1v) is 7.72. The molecule has 4 heteroatoms. The maximum atomic E-state index is 12.3. The molecule has 3 N–H and O–H groups in total. The molecule has 0 aromatic carbocycles. The zero-order chi connectivity index (χ0) is 14.1. The lowest BCUT2D eigenvalue weighted by Gasteiger charge is -2.16. The van der Waals surface area contributed by atoms with Crippen LogP contribution in [0.4, 0.5) is 5.82 Å². The van der Waals surface area contributed by atoms with Crippen LogP contribution in [0.3, 0.4) is 0 Å². The number of nitrogens with one attached hydrogen (secondary N) is 1. The van der Waals surface area contributed by atoms with E-state index in [0.29, 0.717) is 17.3 Å². The molecule has 0 atom stereocenters. The SMILES string of the molecule is CCc1cc(C(=O)NCC(C2CC2)C2CC2)cc(N)n1. The highest BCUT2D eigenvalue weighted by molar-refractivity contribution is 5.94. The number of aromatic nitrogens is 1. The average molecular weight is 273 g/mol. The number of anilines is 1. The first-order chi connectivity index (χ1) is 9.67. The van der Waals surface area contributed by atoms with Crippen LogP contribution in [0.15, 0.2) is 12.1 Å². The average Bonchev–Trinajstić information content (AvgIpc) is 3.30. The molecule has 2 aliphatic carbocycles. The normalized spacial score (nSPS) is 18.3. The minimum absolute atomic E-state index is 0.0138. The monoisotopic (exact) mass is 273 g/mol. The third-order valence-electron chi connectivity index (χ3n) is 4.48. The Labute approximate surface area is 120 Å². The van der Waals surface area contributed by atoms with Crippen molar-refractivity contribution in [3.05, 3.63) is 23.4 Å². The van der Waals surface area contributed by atoms with Crippen molar-refractivity contribution in [3.8, 4) is 0 Å². The Hall–Kier alpha value is -1.58. The fraction of sp³-hybridized carbons (Fsp3) is 0.625. The fourth-order valence-electron chi connectivity index (χ4n) is 3.00. The van der Waals surface area contributed by atoms with Gasteiger partial charge in [0, 0.05) is 17.8 Å². The van der Waals surface area contributed by atoms with Gasteiger partial charge in [-0.05, 0) is 62.0 Å². The number of aryl methyl sites for hydroxylation is 1. The quantitative estimate of drug-likeness (QED) is 0.836. The Morgan fingerprint density at radius 3 is 2.55 bits per heavy atom. The van der Waals surface area contributed by atoms with Gasteiger partial charge in [0.2, 0.25) is 0 Å². The van der Waals surface area contributed by atoms with Crippen LogP contribution in [-0.4, -0.2) is 17.4 Å². The standard InChI is InChI=1S/C16H23N3O/c1-2-13-7-12(8-15(17)19-13)16(20)18-9-14(10-3-4-10)11-5-6-11/h7-8,10-11,14H,2-6,9H2,1H3,(H2,17,19)(H,18,20). The van der Waals surface area contributed by atoms with Crippen molar-refractivity contribution < 1.29 is 4.79 Å². The van der Waals surface area contributed by atoms with Gasteiger partial charge < -0.3 is 11.1 Å². The van der Waals surface area contributed by atoms with Crippen LogP contribution in [0.1, 0.15) is 48.7 Å². The molecule has 1 aromatic heterocycles. The van der Waals surface area contributed by atoms with Crippen molar-refractivity contribution in [3.63, 3.8) is 0 Å². The Balaban J connectivity index is 1.62. The van der Waals surface area contributed by atoms with E-state index in [9.17, 15) is 4.79 Å². The summed E-state index contributed by atoms with van der Waals surface area (Å²) < 4.78 is 0. The Bertz CT molecular complexity index is 494. The molecule has 0 saturated heterocycles. The molecule has 4 nitrogen and oxygen atoms in total. The lowest BCUT2D eigenvalue weighted by Crippen LogP contribution is -2.31. The van der Waals surface area contributed by atoms with Crippen LogP contribution < -0.4 is 11.1 Å². The largest absolute Gasteiger partial charge is 0.384 e. The summed E-state index contributed by atoms with van der Waals surface area (Å²) in [6, 6.07) is 3.51. The Morgan fingerprint density at radius 1 is 1.35 bits per heavy atom. The summed E-state index contributed by atoms with van der Waals surface area (Å²) in [6.07, 6.45) is 6.18. The Morgan fingerprint density at radius 2 is 2.00 bits per heavy atom. The number of amides is 1. The maximum absolute atomic E-state index is 12.3. The van der Waals surface area contributed by atoms with Gasteiger partial charge in [0.1, 0.15) is 5.82 Å². The van der Waals surface area contributed by atoms with Gasteiger partial charge in [-0.1, -0.05) is 6.92 Å². The highest BCUT2D eigenvalue weighted by atomic mass is 16.1. The zero-order valence-electron chi connectivity index (χ0n) is 12.1. The van der Waals surface area contributed by atoms with E-state index in [2.05, 4.69) is 10.3 Å². The first-order valence-electron chi connectivity index (χ1n) is 7.72. The molecule has 0 radical (unpaired) electrons. The van der Waals surface area contributed by atoms with E-state index >= 15 is 0 Å². The van der Waals surface area contributed by atoms with Gasteiger partial charge in [-0.2, -0.15) is 0 Å². The van der Waals surface area contributed by atoms with E-state index in [4.69, 9.17) is 5.73 Å². The molecule has 0 bridgehead atoms. The maximum Gasteiger partial charge on any atom is 0.251 e. The van der Waals surface area contributed by atoms with Gasteiger partial charge in [-0.25, -0.2) is 4.98 Å². The molecule has 0 aliphatic heterocycles. The lowest BCUT2D eigenvalue weighted by molar-refractivity contribution is 0.0943. The second-order valence-electron chi connectivity index (χ2n) is 6.17. The summed E-state index contributed by atoms with van der Waals surface area (Å²) in [4.78, 5) is 16.5. The summed E-state index contributed by atoms with van der Waals surface area (Å²) >= 11 is 0. The summed E-state index contributed by atoms with van der Waals surface area (Å²) in [5, 5.41) is 3.10. The van der Waals surface area contributed by atoms with E-state index in [-0.39, 0.29) is 5.91 Å². The van der Waals surface area contributed by atoms with Gasteiger partial charge in [0.25, 0.3) is 5.91 Å². The predicted molar refractivity (Wildman–Crippen MR) is 79.3 cm³/mol. The van der Waals surface area contributed by atoms with Crippen LogP contribution in [0.25, 0.3) is 0 Å². The first kappa shape index (κ1) is 13.4. The third-order valence-corrected chi connectivity index (χ3v) is 4.48. The third kappa shape index (κ3) is 3.11. The fourth-order valence-corrected chi connectivity index (χ4v) is 3.00. The summed E-state index contributed by atoms with van der Waals surface area (Å²) in [5.74, 6) is 2.83. The van der Waals surface area contributed by atoms with Crippen molar-refractivity contribution in [1.82, 2.24) is 10.3 Å². The van der Waals surface area contributed by atoms with Gasteiger partial charge in [-0.15, -0.1) is 0 Å². The number of carbonyl (C=O) groups is 1. The second kappa shape index (κ2) is 5.43. The number of rotatable bonds is 6. The molecule has 20 heavy (non-hydrogen) atoms. The molecule has 2 aliphatic rings. The van der Waals surface area contributed by atoms with Crippen LogP contribution in [0, 0.1) is 17.8 Å². The van der Waals surface area contributed by atoms with Crippen molar-refractivity contribution in [2.24, 2.45) is 17.8 Å². The smallest absolute Gasteiger partial charge is 0.251 e. The number of nitrogen functional groups attached to an aromatic ring is 1. The van der Waals surface area contributed by atoms with E-state index in [0.717, 1.165) is 30.5 Å². The zero-order valence-corrected chi connectivity index (χ0v) is 12.1. The minimum Gasteiger partial charge on any atom is -0.384 e. The lowest BCUT2D eigenvalue weighted by atomic mass is 9.98. The molecule has 2 saturated carbocycles. The van der Waals surface area contributed by atoms with Gasteiger partial charge in [-0.3, -0.25) is 4.79 Å². The van der Waals surface area contributed by atoms with E-state index in [1.54, 1.807) is 6.07 Å². The number of hydrogen-bond donors (Lipinski definition) is 2. The predicted octanol–water partition coefficient (Wildman–Crippen LogP) is 2.39. The Kier molecular flexibility index (Phi) is 3.64. The molecule has 0 unspecified atom stereocenters. The van der Waals surface area contributed by atoms with Crippen LogP contribution in [0.2, 0.25) is 0 Å². The van der Waals surface area contributed by atoms with Crippen LogP contribution >= 0.6 is 0 Å². The molecular weight excluding hydrogens is 250 g/mol. The van der Waals surface area contributed by atoms with Crippen molar-refractivity contribution >= 4 is 11.7 Å². The summed E-state index contributed by atoms with van der Waals surface area (Å²) in [6.45, 7) is 2.83. The molecule has 2 fully saturated rings. The molecule has 1 heterocycles. The van der Waals surface area contributed by atoms with Crippen molar-refractivity contribution in [1.29, 1.82) is 0 Å². The van der Waals surface area contributed by atoms with Gasteiger partial charge >= 0.3 is 0 Å². The number of carbonyl (C=O) groups excluding carboxylic acids is 1. The minimum atomic E-state index is -0.0138. The highest BCUT2D eigenvalue weighted by Crippen LogP contribution is 2.48. The number of pyridine rings is 1. The van der Waals surface area contributed by atoms with Crippen molar-refractivity contribution in [2.45, 2.75) is 39.0 Å². The van der Waals surface area contributed by atoms with Crippen molar-refractivity contribution in [2.75, 3.05) is 12.3 Å². The molecule has 108 valence electrons. The topological polar surface area (TPSA) is 68.0 Å². The van der Waals surface area contributed by atoms with E-state index in [1.165, 1.54) is 25.7 Å². The molecule has 1 amide bonds. The molecule has 1 aromatic rings. The summed E-state index contributed by atoms with van der Waals surface area (Å²) in [5.41, 5.74) is 7.26. The van der Waals surface area contributed by atoms with Crippen LogP contribution in [0.5, 0.6) is 0 Å². The number of nitrogens with two attached hydrogens (primary N) is 1. The number of nitrogens with zero attached hydrogens (tertiary/aromatic N) is 1.